The third kappa shape index (κ3) is 5.20. The standard InChI is InChI=1S/C20H21F6N3O2/c1-3-15(19(21,22)23)28(29(18(27)31)16(4-2)20(24,25)26)17(30)14-10-9-12-7-5-6-8-13(12)11-14/h5-11,15-16H,3-4H2,1-2H3,(H2,27,31). The van der Waals surface area contributed by atoms with Crippen molar-refractivity contribution in [2.45, 2.75) is 51.1 Å². The Labute approximate surface area is 174 Å². The molecule has 3 amide bonds. The Morgan fingerprint density at radius 3 is 1.77 bits per heavy atom. The number of hydrogen-bond donors (Lipinski definition) is 1. The first kappa shape index (κ1) is 24.3. The van der Waals surface area contributed by atoms with Crippen LogP contribution in [0, 0.1) is 0 Å². The van der Waals surface area contributed by atoms with Crippen LogP contribution in [-0.4, -0.2) is 46.4 Å². The van der Waals surface area contributed by atoms with Crippen molar-refractivity contribution in [3.8, 4) is 0 Å². The Balaban J connectivity index is 2.70. The number of carbonyl (C=O) groups excluding carboxylic acids is 2. The Morgan fingerprint density at radius 1 is 0.839 bits per heavy atom. The fraction of sp³-hybridized carbons (Fsp3) is 0.400. The lowest BCUT2D eigenvalue weighted by Crippen LogP contribution is -2.65. The van der Waals surface area contributed by atoms with E-state index in [4.69, 9.17) is 5.73 Å². The van der Waals surface area contributed by atoms with E-state index in [0.29, 0.717) is 10.8 Å². The number of halogens is 6. The molecule has 170 valence electrons. The van der Waals surface area contributed by atoms with Gasteiger partial charge < -0.3 is 5.73 Å². The number of urea groups is 1. The van der Waals surface area contributed by atoms with Gasteiger partial charge in [-0.3, -0.25) is 4.79 Å². The Hall–Kier alpha value is -2.98. The van der Waals surface area contributed by atoms with Gasteiger partial charge in [-0.15, -0.1) is 0 Å². The number of alkyl halides is 6. The Bertz CT molecular complexity index is 944. The quantitative estimate of drug-likeness (QED) is 0.500. The molecule has 2 atom stereocenters. The first-order chi connectivity index (χ1) is 14.3. The van der Waals surface area contributed by atoms with Crippen LogP contribution >= 0.6 is 0 Å². The number of nitrogens with two attached hydrogens (primary N) is 1. The number of rotatable bonds is 5. The highest BCUT2D eigenvalue weighted by Gasteiger charge is 2.53. The summed E-state index contributed by atoms with van der Waals surface area (Å²) in [6, 6.07) is 3.28. The molecule has 2 aromatic carbocycles. The number of fused-ring (bicyclic) bond motifs is 1. The molecule has 0 saturated heterocycles. The number of benzene rings is 2. The topological polar surface area (TPSA) is 66.6 Å². The van der Waals surface area contributed by atoms with Crippen LogP contribution in [-0.2, 0) is 0 Å². The summed E-state index contributed by atoms with van der Waals surface area (Å²) < 4.78 is 81.9. The first-order valence-electron chi connectivity index (χ1n) is 9.37. The van der Waals surface area contributed by atoms with Crippen molar-refractivity contribution in [1.29, 1.82) is 0 Å². The summed E-state index contributed by atoms with van der Waals surface area (Å²) in [5.41, 5.74) is 4.76. The zero-order chi connectivity index (χ0) is 23.6. The lowest BCUT2D eigenvalue weighted by Gasteiger charge is -2.43. The van der Waals surface area contributed by atoms with E-state index in [9.17, 15) is 35.9 Å². The summed E-state index contributed by atoms with van der Waals surface area (Å²) in [4.78, 5) is 25.1. The molecule has 11 heteroatoms. The molecular weight excluding hydrogens is 428 g/mol. The number of primary amides is 1. The second-order valence-corrected chi connectivity index (χ2v) is 6.83. The zero-order valence-corrected chi connectivity index (χ0v) is 16.7. The molecule has 0 aliphatic heterocycles. The SMILES string of the molecule is CCC(N(C(N)=O)N(C(=O)c1ccc2ccccc2c1)C(CC)C(F)(F)F)C(F)(F)F. The summed E-state index contributed by atoms with van der Waals surface area (Å²) >= 11 is 0. The molecule has 0 fully saturated rings. The number of hydrogen-bond acceptors (Lipinski definition) is 2. The maximum absolute atomic E-state index is 13.7. The van der Waals surface area contributed by atoms with Gasteiger partial charge in [-0.05, 0) is 35.7 Å². The van der Waals surface area contributed by atoms with E-state index in [2.05, 4.69) is 0 Å². The molecule has 0 bridgehead atoms. The van der Waals surface area contributed by atoms with Gasteiger partial charge in [0.05, 0.1) is 0 Å². The van der Waals surface area contributed by atoms with Crippen molar-refractivity contribution in [3.05, 3.63) is 48.0 Å². The molecule has 2 N–H and O–H groups in total. The molecule has 5 nitrogen and oxygen atoms in total. The average molecular weight is 449 g/mol. The molecule has 0 aromatic heterocycles. The maximum Gasteiger partial charge on any atom is 0.410 e. The van der Waals surface area contributed by atoms with Crippen molar-refractivity contribution in [2.24, 2.45) is 5.73 Å². The molecule has 0 aliphatic rings. The van der Waals surface area contributed by atoms with Gasteiger partial charge in [-0.2, -0.15) is 26.3 Å². The number of amides is 3. The second-order valence-electron chi connectivity index (χ2n) is 6.83. The predicted molar refractivity (Wildman–Crippen MR) is 102 cm³/mol. The van der Waals surface area contributed by atoms with Gasteiger partial charge in [0.2, 0.25) is 0 Å². The fourth-order valence-electron chi connectivity index (χ4n) is 3.34. The second kappa shape index (κ2) is 9.03. The van der Waals surface area contributed by atoms with E-state index in [0.717, 1.165) is 13.8 Å². The van der Waals surface area contributed by atoms with E-state index in [1.54, 1.807) is 24.3 Å². The van der Waals surface area contributed by atoms with Crippen molar-refractivity contribution in [2.75, 3.05) is 0 Å². The molecule has 0 radical (unpaired) electrons. The van der Waals surface area contributed by atoms with Crippen molar-refractivity contribution >= 4 is 22.7 Å². The van der Waals surface area contributed by atoms with Gasteiger partial charge >= 0.3 is 18.4 Å². The number of carbonyl (C=O) groups is 2. The normalized spacial score (nSPS) is 14.2. The zero-order valence-electron chi connectivity index (χ0n) is 16.7. The molecule has 0 spiro atoms. The third-order valence-electron chi connectivity index (χ3n) is 4.78. The fourth-order valence-corrected chi connectivity index (χ4v) is 3.34. The molecule has 31 heavy (non-hydrogen) atoms. The number of hydrazine groups is 1. The average Bonchev–Trinajstić information content (AvgIpc) is 2.67. The highest BCUT2D eigenvalue weighted by molar-refractivity contribution is 5.99. The molecular formula is C20H21F6N3O2. The maximum atomic E-state index is 13.7. The Morgan fingerprint density at radius 2 is 1.32 bits per heavy atom. The summed E-state index contributed by atoms with van der Waals surface area (Å²) in [6.45, 7) is 2.08. The minimum Gasteiger partial charge on any atom is -0.350 e. The van der Waals surface area contributed by atoms with Gasteiger partial charge in [0.15, 0.2) is 6.04 Å². The highest BCUT2D eigenvalue weighted by Crippen LogP contribution is 2.35. The predicted octanol–water partition coefficient (Wildman–Crippen LogP) is 5.26. The van der Waals surface area contributed by atoms with Crippen LogP contribution in [0.3, 0.4) is 0 Å². The van der Waals surface area contributed by atoms with Gasteiger partial charge in [0.1, 0.15) is 6.04 Å². The van der Waals surface area contributed by atoms with E-state index in [1.807, 2.05) is 0 Å². The molecule has 2 unspecified atom stereocenters. The molecule has 0 saturated carbocycles. The van der Waals surface area contributed by atoms with E-state index in [-0.39, 0.29) is 15.6 Å². The van der Waals surface area contributed by atoms with Crippen LogP contribution in [0.15, 0.2) is 42.5 Å². The molecule has 0 heterocycles. The monoisotopic (exact) mass is 449 g/mol. The molecule has 2 aromatic rings. The highest BCUT2D eigenvalue weighted by atomic mass is 19.4. The summed E-state index contributed by atoms with van der Waals surface area (Å²) in [5, 5.41) is 0.636. The van der Waals surface area contributed by atoms with Gasteiger partial charge in [0, 0.05) is 5.56 Å². The lowest BCUT2D eigenvalue weighted by atomic mass is 10.1. The molecule has 2 rings (SSSR count). The van der Waals surface area contributed by atoms with Crippen LogP contribution in [0.1, 0.15) is 37.0 Å². The Kier molecular flexibility index (Phi) is 7.07. The van der Waals surface area contributed by atoms with Crippen LogP contribution < -0.4 is 5.73 Å². The van der Waals surface area contributed by atoms with E-state index < -0.39 is 49.2 Å². The minimum absolute atomic E-state index is 0.200. The molecule has 0 aliphatic carbocycles. The van der Waals surface area contributed by atoms with Crippen molar-refractivity contribution in [1.82, 2.24) is 10.0 Å². The van der Waals surface area contributed by atoms with Crippen LogP contribution in [0.2, 0.25) is 0 Å². The summed E-state index contributed by atoms with van der Waals surface area (Å²) in [5.74, 6) is -1.42. The van der Waals surface area contributed by atoms with Crippen molar-refractivity contribution < 1.29 is 35.9 Å². The lowest BCUT2D eigenvalue weighted by molar-refractivity contribution is -0.239. The summed E-state index contributed by atoms with van der Waals surface area (Å²) in [7, 11) is 0. The van der Waals surface area contributed by atoms with E-state index in [1.165, 1.54) is 18.2 Å². The largest absolute Gasteiger partial charge is 0.410 e. The van der Waals surface area contributed by atoms with Crippen LogP contribution in [0.4, 0.5) is 31.1 Å². The number of nitrogens with zero attached hydrogens (tertiary/aromatic N) is 2. The van der Waals surface area contributed by atoms with Gasteiger partial charge in [-0.25, -0.2) is 14.8 Å². The van der Waals surface area contributed by atoms with Crippen molar-refractivity contribution in [3.63, 3.8) is 0 Å². The first-order valence-corrected chi connectivity index (χ1v) is 9.37. The van der Waals surface area contributed by atoms with Gasteiger partial charge in [-0.1, -0.05) is 44.2 Å². The minimum atomic E-state index is -5.12. The van der Waals surface area contributed by atoms with E-state index >= 15 is 0 Å². The van der Waals surface area contributed by atoms with Crippen LogP contribution in [0.25, 0.3) is 10.8 Å². The van der Waals surface area contributed by atoms with Crippen LogP contribution in [0.5, 0.6) is 0 Å². The smallest absolute Gasteiger partial charge is 0.350 e. The third-order valence-corrected chi connectivity index (χ3v) is 4.78. The summed E-state index contributed by atoms with van der Waals surface area (Å²) in [6.07, 6.45) is -11.8. The van der Waals surface area contributed by atoms with Gasteiger partial charge in [0.25, 0.3) is 5.91 Å².